The van der Waals surface area contributed by atoms with E-state index in [1.54, 1.807) is 13.8 Å². The van der Waals surface area contributed by atoms with Crippen molar-refractivity contribution < 1.29 is 9.90 Å². The lowest BCUT2D eigenvalue weighted by Crippen LogP contribution is -2.53. The molecule has 0 saturated heterocycles. The molecule has 1 unspecified atom stereocenters. The Balaban J connectivity index is 3.68. The highest BCUT2D eigenvalue weighted by atomic mass is 16.3. The van der Waals surface area contributed by atoms with E-state index in [2.05, 4.69) is 0 Å². The summed E-state index contributed by atoms with van der Waals surface area (Å²) in [6.45, 7) is 4.79. The summed E-state index contributed by atoms with van der Waals surface area (Å²) in [6.07, 6.45) is 0. The van der Waals surface area contributed by atoms with Gasteiger partial charge in [0, 0.05) is 0 Å². The van der Waals surface area contributed by atoms with Gasteiger partial charge in [-0.15, -0.1) is 0 Å². The molecular weight excluding hydrogens is 226 g/mol. The molecule has 0 aromatic carbocycles. The van der Waals surface area contributed by atoms with Crippen LogP contribution in [0.2, 0.25) is 0 Å². The number of aromatic nitrogens is 2. The minimum absolute atomic E-state index is 0.338. The van der Waals surface area contributed by atoms with Crippen LogP contribution in [0.4, 0.5) is 0 Å². The molecule has 0 aliphatic heterocycles. The standard InChI is InChI=1S/C10H15N3O4/c1-5(2)10(3,8(11)16)13-7(15)4-6(14)12-9(13)17/h4-5,15H,1-3H3,(H2,11,16)(H,12,14,17). The third kappa shape index (κ3) is 1.95. The number of carbonyl (C=O) groups excluding carboxylic acids is 1. The molecule has 1 aromatic heterocycles. The van der Waals surface area contributed by atoms with Gasteiger partial charge in [0.1, 0.15) is 5.54 Å². The maximum Gasteiger partial charge on any atom is 0.332 e. The first-order valence-electron chi connectivity index (χ1n) is 5.07. The molecule has 94 valence electrons. The zero-order chi connectivity index (χ0) is 13.4. The van der Waals surface area contributed by atoms with E-state index in [-0.39, 0.29) is 5.92 Å². The Kier molecular flexibility index (Phi) is 3.12. The number of amides is 1. The largest absolute Gasteiger partial charge is 0.494 e. The Bertz CT molecular complexity index is 557. The molecule has 0 radical (unpaired) electrons. The van der Waals surface area contributed by atoms with Gasteiger partial charge in [0.05, 0.1) is 6.07 Å². The highest BCUT2D eigenvalue weighted by Crippen LogP contribution is 2.26. The van der Waals surface area contributed by atoms with Crippen LogP contribution in [-0.4, -0.2) is 20.6 Å². The zero-order valence-corrected chi connectivity index (χ0v) is 9.85. The number of hydrogen-bond acceptors (Lipinski definition) is 4. The molecule has 0 fully saturated rings. The fourth-order valence-electron chi connectivity index (χ4n) is 1.59. The third-order valence-electron chi connectivity index (χ3n) is 3.01. The fraction of sp³-hybridized carbons (Fsp3) is 0.500. The molecule has 1 heterocycles. The second-order valence-corrected chi connectivity index (χ2v) is 4.30. The van der Waals surface area contributed by atoms with Crippen LogP contribution in [0.25, 0.3) is 0 Å². The molecule has 1 atom stereocenters. The third-order valence-corrected chi connectivity index (χ3v) is 3.01. The predicted octanol–water partition coefficient (Wildman–Crippen LogP) is -0.901. The van der Waals surface area contributed by atoms with Crippen molar-refractivity contribution in [3.63, 3.8) is 0 Å². The van der Waals surface area contributed by atoms with E-state index in [4.69, 9.17) is 5.73 Å². The van der Waals surface area contributed by atoms with Crippen LogP contribution in [0.15, 0.2) is 15.7 Å². The molecule has 7 nitrogen and oxygen atoms in total. The predicted molar refractivity (Wildman–Crippen MR) is 60.7 cm³/mol. The fourth-order valence-corrected chi connectivity index (χ4v) is 1.59. The van der Waals surface area contributed by atoms with Crippen LogP contribution >= 0.6 is 0 Å². The molecule has 1 aromatic rings. The first kappa shape index (κ1) is 13.0. The second-order valence-electron chi connectivity index (χ2n) is 4.30. The normalized spacial score (nSPS) is 14.6. The van der Waals surface area contributed by atoms with Crippen molar-refractivity contribution in [3.8, 4) is 5.88 Å². The van der Waals surface area contributed by atoms with Crippen molar-refractivity contribution in [3.05, 3.63) is 26.9 Å². The summed E-state index contributed by atoms with van der Waals surface area (Å²) < 4.78 is 0.793. The second kappa shape index (κ2) is 4.08. The summed E-state index contributed by atoms with van der Waals surface area (Å²) in [4.78, 5) is 36.1. The summed E-state index contributed by atoms with van der Waals surface area (Å²) in [5, 5.41) is 9.64. The molecule has 0 spiro atoms. The highest BCUT2D eigenvalue weighted by molar-refractivity contribution is 5.82. The Labute approximate surface area is 96.9 Å². The van der Waals surface area contributed by atoms with Crippen molar-refractivity contribution in [2.75, 3.05) is 0 Å². The van der Waals surface area contributed by atoms with E-state index in [0.29, 0.717) is 0 Å². The van der Waals surface area contributed by atoms with Crippen LogP contribution in [0.5, 0.6) is 5.88 Å². The van der Waals surface area contributed by atoms with E-state index in [1.165, 1.54) is 6.92 Å². The summed E-state index contributed by atoms with van der Waals surface area (Å²) in [5.41, 5.74) is 2.26. The number of primary amides is 1. The van der Waals surface area contributed by atoms with E-state index < -0.39 is 28.6 Å². The Hall–Kier alpha value is -2.05. The van der Waals surface area contributed by atoms with Gasteiger partial charge in [-0.2, -0.15) is 0 Å². The van der Waals surface area contributed by atoms with Crippen LogP contribution < -0.4 is 17.0 Å². The average molecular weight is 241 g/mol. The van der Waals surface area contributed by atoms with Gasteiger partial charge in [0.25, 0.3) is 5.56 Å². The Morgan fingerprint density at radius 3 is 2.41 bits per heavy atom. The molecular formula is C10H15N3O4. The van der Waals surface area contributed by atoms with E-state index in [0.717, 1.165) is 10.6 Å². The maximum absolute atomic E-state index is 11.7. The van der Waals surface area contributed by atoms with Gasteiger partial charge in [0.2, 0.25) is 11.8 Å². The maximum atomic E-state index is 11.7. The first-order chi connectivity index (χ1) is 7.71. The quantitative estimate of drug-likeness (QED) is 0.635. The zero-order valence-electron chi connectivity index (χ0n) is 9.85. The number of nitrogens with two attached hydrogens (primary N) is 1. The molecule has 0 saturated carbocycles. The van der Waals surface area contributed by atoms with Gasteiger partial charge in [-0.1, -0.05) is 13.8 Å². The van der Waals surface area contributed by atoms with Gasteiger partial charge in [-0.3, -0.25) is 14.6 Å². The van der Waals surface area contributed by atoms with E-state index in [9.17, 15) is 19.5 Å². The Morgan fingerprint density at radius 1 is 1.53 bits per heavy atom. The number of rotatable bonds is 3. The SMILES string of the molecule is CC(C)C(C)(C(N)=O)n1c(O)cc(=O)[nH]c1=O. The summed E-state index contributed by atoms with van der Waals surface area (Å²) >= 11 is 0. The number of aromatic amines is 1. The van der Waals surface area contributed by atoms with Crippen molar-refractivity contribution in [2.45, 2.75) is 26.3 Å². The number of nitrogens with one attached hydrogen (secondary N) is 1. The van der Waals surface area contributed by atoms with E-state index in [1.807, 2.05) is 4.98 Å². The molecule has 0 aliphatic rings. The average Bonchev–Trinajstić information content (AvgIpc) is 2.14. The van der Waals surface area contributed by atoms with Crippen LogP contribution in [0.1, 0.15) is 20.8 Å². The Morgan fingerprint density at radius 2 is 2.06 bits per heavy atom. The summed E-state index contributed by atoms with van der Waals surface area (Å²) in [5.74, 6) is -1.69. The topological polar surface area (TPSA) is 118 Å². The molecule has 4 N–H and O–H groups in total. The van der Waals surface area contributed by atoms with Crippen molar-refractivity contribution in [2.24, 2.45) is 11.7 Å². The monoisotopic (exact) mass is 241 g/mol. The number of nitrogens with zero attached hydrogens (tertiary/aromatic N) is 1. The first-order valence-corrected chi connectivity index (χ1v) is 5.07. The number of aromatic hydroxyl groups is 1. The molecule has 0 bridgehead atoms. The van der Waals surface area contributed by atoms with Gasteiger partial charge < -0.3 is 10.8 Å². The molecule has 7 heteroatoms. The lowest BCUT2D eigenvalue weighted by molar-refractivity contribution is -0.128. The van der Waals surface area contributed by atoms with Crippen LogP contribution in [-0.2, 0) is 10.3 Å². The number of carbonyl (C=O) groups is 1. The van der Waals surface area contributed by atoms with Gasteiger partial charge in [-0.05, 0) is 12.8 Å². The van der Waals surface area contributed by atoms with Crippen LogP contribution in [0, 0.1) is 5.92 Å². The molecule has 1 rings (SSSR count). The van der Waals surface area contributed by atoms with Gasteiger partial charge in [-0.25, -0.2) is 9.36 Å². The smallest absolute Gasteiger partial charge is 0.332 e. The minimum Gasteiger partial charge on any atom is -0.494 e. The summed E-state index contributed by atoms with van der Waals surface area (Å²) in [7, 11) is 0. The van der Waals surface area contributed by atoms with Crippen LogP contribution in [0.3, 0.4) is 0 Å². The van der Waals surface area contributed by atoms with Gasteiger partial charge in [0.15, 0.2) is 0 Å². The molecule has 1 amide bonds. The van der Waals surface area contributed by atoms with E-state index >= 15 is 0 Å². The number of hydrogen-bond donors (Lipinski definition) is 3. The molecule has 0 aliphatic carbocycles. The highest BCUT2D eigenvalue weighted by Gasteiger charge is 2.39. The minimum atomic E-state index is -1.41. The van der Waals surface area contributed by atoms with Crippen molar-refractivity contribution in [1.29, 1.82) is 0 Å². The van der Waals surface area contributed by atoms with Crippen molar-refractivity contribution in [1.82, 2.24) is 9.55 Å². The molecule has 17 heavy (non-hydrogen) atoms. The lowest BCUT2D eigenvalue weighted by Gasteiger charge is -2.32. The summed E-state index contributed by atoms with van der Waals surface area (Å²) in [6, 6.07) is 0.824. The number of H-pyrrole nitrogens is 1. The van der Waals surface area contributed by atoms with Crippen molar-refractivity contribution >= 4 is 5.91 Å². The lowest BCUT2D eigenvalue weighted by atomic mass is 9.87. The van der Waals surface area contributed by atoms with Gasteiger partial charge >= 0.3 is 5.69 Å².